The lowest BCUT2D eigenvalue weighted by Gasteiger charge is -2.28. The highest BCUT2D eigenvalue weighted by molar-refractivity contribution is 9.10. The number of rotatable bonds is 3. The van der Waals surface area contributed by atoms with Gasteiger partial charge in [0.15, 0.2) is 0 Å². The molecule has 0 bridgehead atoms. The van der Waals surface area contributed by atoms with Crippen LogP contribution in [0.4, 0.5) is 0 Å². The molecule has 1 nitrogen and oxygen atoms in total. The molecule has 90 valence electrons. The Kier molecular flexibility index (Phi) is 3.04. The number of ketones is 1. The largest absolute Gasteiger partial charge is 0.299 e. The van der Waals surface area contributed by atoms with Crippen LogP contribution in [-0.4, -0.2) is 5.78 Å². The first-order valence-corrected chi connectivity index (χ1v) is 6.88. The summed E-state index contributed by atoms with van der Waals surface area (Å²) >= 11 is 3.40. The first-order valence-electron chi connectivity index (χ1n) is 6.09. The molecule has 2 aromatic rings. The lowest BCUT2D eigenvalue weighted by Crippen LogP contribution is -2.26. The Bertz CT molecular complexity index is 586. The van der Waals surface area contributed by atoms with Crippen molar-refractivity contribution in [1.82, 2.24) is 0 Å². The van der Waals surface area contributed by atoms with Gasteiger partial charge in [-0.25, -0.2) is 0 Å². The third kappa shape index (κ3) is 2.13. The molecule has 3 rings (SSSR count). The molecule has 0 fully saturated rings. The van der Waals surface area contributed by atoms with Gasteiger partial charge in [0.1, 0.15) is 5.78 Å². The summed E-state index contributed by atoms with van der Waals surface area (Å²) in [5.41, 5.74) is 3.64. The number of hydrogen-bond acceptors (Lipinski definition) is 1. The number of hydrogen-bond donors (Lipinski definition) is 0. The van der Waals surface area contributed by atoms with E-state index in [0.717, 1.165) is 16.5 Å². The molecule has 1 aliphatic carbocycles. The summed E-state index contributed by atoms with van der Waals surface area (Å²) < 4.78 is 1.05. The van der Waals surface area contributed by atoms with Gasteiger partial charge in [-0.1, -0.05) is 52.3 Å². The monoisotopic (exact) mass is 300 g/mol. The van der Waals surface area contributed by atoms with Crippen LogP contribution < -0.4 is 0 Å². The normalized spacial score (nSPS) is 16.8. The second-order valence-corrected chi connectivity index (χ2v) is 5.64. The fourth-order valence-corrected chi connectivity index (χ4v) is 2.74. The van der Waals surface area contributed by atoms with Crippen molar-refractivity contribution >= 4 is 21.7 Å². The van der Waals surface area contributed by atoms with Crippen molar-refractivity contribution in [3.05, 3.63) is 69.7 Å². The highest BCUT2D eigenvalue weighted by atomic mass is 79.9. The minimum Gasteiger partial charge on any atom is -0.299 e. The number of halogens is 1. The molecule has 1 aliphatic rings. The van der Waals surface area contributed by atoms with Crippen LogP contribution in [0.1, 0.15) is 22.6 Å². The van der Waals surface area contributed by atoms with Crippen LogP contribution in [0.5, 0.6) is 0 Å². The first-order chi connectivity index (χ1) is 8.74. The minimum absolute atomic E-state index is 0.116. The van der Waals surface area contributed by atoms with Crippen LogP contribution >= 0.6 is 15.9 Å². The van der Waals surface area contributed by atoms with Crippen LogP contribution in [0.15, 0.2) is 53.0 Å². The Balaban J connectivity index is 1.72. The predicted molar refractivity (Wildman–Crippen MR) is 75.7 cm³/mol. The van der Waals surface area contributed by atoms with Crippen molar-refractivity contribution in [2.24, 2.45) is 0 Å². The predicted octanol–water partition coefficient (Wildman–Crippen LogP) is 3.90. The molecule has 1 atom stereocenters. The highest BCUT2D eigenvalue weighted by Gasteiger charge is 2.31. The summed E-state index contributed by atoms with van der Waals surface area (Å²) in [7, 11) is 0. The van der Waals surface area contributed by atoms with Crippen molar-refractivity contribution in [2.75, 3.05) is 0 Å². The second kappa shape index (κ2) is 4.69. The van der Waals surface area contributed by atoms with Crippen LogP contribution in [0.25, 0.3) is 0 Å². The number of benzene rings is 2. The van der Waals surface area contributed by atoms with E-state index in [1.54, 1.807) is 0 Å². The summed E-state index contributed by atoms with van der Waals surface area (Å²) in [5.74, 6) is 0.445. The summed E-state index contributed by atoms with van der Waals surface area (Å²) in [6, 6.07) is 16.2. The zero-order valence-electron chi connectivity index (χ0n) is 9.90. The van der Waals surface area contributed by atoms with Crippen LogP contribution in [0.2, 0.25) is 0 Å². The average Bonchev–Trinajstić information content (AvgIpc) is 2.34. The molecule has 18 heavy (non-hydrogen) atoms. The van der Waals surface area contributed by atoms with Gasteiger partial charge in [-0.15, -0.1) is 0 Å². The summed E-state index contributed by atoms with van der Waals surface area (Å²) in [6.45, 7) is 0. The molecule has 2 heteroatoms. The molecule has 0 saturated carbocycles. The number of Topliss-reactive ketones (excluding diaryl/α,β-unsaturated/α-hetero) is 1. The van der Waals surface area contributed by atoms with E-state index >= 15 is 0 Å². The smallest absolute Gasteiger partial charge is 0.145 e. The Morgan fingerprint density at radius 1 is 1.11 bits per heavy atom. The van der Waals surface area contributed by atoms with Gasteiger partial charge in [-0.2, -0.15) is 0 Å². The van der Waals surface area contributed by atoms with E-state index in [0.29, 0.717) is 12.2 Å². The molecular weight excluding hydrogens is 288 g/mol. The molecule has 1 unspecified atom stereocenters. The van der Waals surface area contributed by atoms with E-state index in [-0.39, 0.29) is 5.92 Å². The maximum Gasteiger partial charge on any atom is 0.145 e. The number of fused-ring (bicyclic) bond motifs is 1. The highest BCUT2D eigenvalue weighted by Crippen LogP contribution is 2.36. The molecular formula is C16H13BrO. The van der Waals surface area contributed by atoms with Crippen molar-refractivity contribution in [3.8, 4) is 0 Å². The Labute approximate surface area is 115 Å². The zero-order chi connectivity index (χ0) is 12.5. The SMILES string of the molecule is O=C(Cc1ccc(Br)cc1)C1Cc2ccccc21. The average molecular weight is 301 g/mol. The molecule has 0 N–H and O–H groups in total. The molecule has 0 aliphatic heterocycles. The molecule has 2 aromatic carbocycles. The molecule has 0 heterocycles. The lowest BCUT2D eigenvalue weighted by atomic mass is 9.74. The van der Waals surface area contributed by atoms with Gasteiger partial charge in [0, 0.05) is 16.8 Å². The van der Waals surface area contributed by atoms with Crippen molar-refractivity contribution in [3.63, 3.8) is 0 Å². The van der Waals surface area contributed by atoms with Gasteiger partial charge in [0.2, 0.25) is 0 Å². The van der Waals surface area contributed by atoms with Crippen LogP contribution in [0, 0.1) is 0 Å². The molecule has 0 amide bonds. The van der Waals surface area contributed by atoms with Crippen LogP contribution in [-0.2, 0) is 17.6 Å². The minimum atomic E-state index is 0.116. The van der Waals surface area contributed by atoms with Crippen LogP contribution in [0.3, 0.4) is 0 Å². The van der Waals surface area contributed by atoms with E-state index in [1.165, 1.54) is 11.1 Å². The van der Waals surface area contributed by atoms with E-state index in [1.807, 2.05) is 36.4 Å². The Morgan fingerprint density at radius 2 is 1.83 bits per heavy atom. The molecule has 0 spiro atoms. The van der Waals surface area contributed by atoms with E-state index < -0.39 is 0 Å². The fraction of sp³-hybridized carbons (Fsp3) is 0.188. The Hall–Kier alpha value is -1.41. The maximum atomic E-state index is 12.2. The third-order valence-corrected chi connectivity index (χ3v) is 4.06. The van der Waals surface area contributed by atoms with Crippen molar-refractivity contribution < 1.29 is 4.79 Å². The van der Waals surface area contributed by atoms with E-state index in [4.69, 9.17) is 0 Å². The van der Waals surface area contributed by atoms with Gasteiger partial charge in [0.25, 0.3) is 0 Å². The van der Waals surface area contributed by atoms with E-state index in [2.05, 4.69) is 28.1 Å². The van der Waals surface area contributed by atoms with E-state index in [9.17, 15) is 4.79 Å². The summed E-state index contributed by atoms with van der Waals surface area (Å²) in [4.78, 5) is 12.2. The quantitative estimate of drug-likeness (QED) is 0.840. The number of carbonyl (C=O) groups is 1. The third-order valence-electron chi connectivity index (χ3n) is 3.53. The zero-order valence-corrected chi connectivity index (χ0v) is 11.5. The molecule has 0 aromatic heterocycles. The van der Waals surface area contributed by atoms with Gasteiger partial charge in [-0.05, 0) is 35.2 Å². The molecule has 0 saturated heterocycles. The summed E-state index contributed by atoms with van der Waals surface area (Å²) in [6.07, 6.45) is 1.44. The standard InChI is InChI=1S/C16H13BrO/c17-13-7-5-11(6-8-13)9-16(18)15-10-12-3-1-2-4-14(12)15/h1-8,15H,9-10H2. The van der Waals surface area contributed by atoms with Gasteiger partial charge < -0.3 is 0 Å². The summed E-state index contributed by atoms with van der Waals surface area (Å²) in [5, 5.41) is 0. The lowest BCUT2D eigenvalue weighted by molar-refractivity contribution is -0.120. The van der Waals surface area contributed by atoms with Crippen molar-refractivity contribution in [2.45, 2.75) is 18.8 Å². The van der Waals surface area contributed by atoms with Gasteiger partial charge in [-0.3, -0.25) is 4.79 Å². The van der Waals surface area contributed by atoms with Crippen molar-refractivity contribution in [1.29, 1.82) is 0 Å². The Morgan fingerprint density at radius 3 is 2.56 bits per heavy atom. The first kappa shape index (κ1) is 11.7. The fourth-order valence-electron chi connectivity index (χ4n) is 2.47. The maximum absolute atomic E-state index is 12.2. The topological polar surface area (TPSA) is 17.1 Å². The molecule has 0 radical (unpaired) electrons. The second-order valence-electron chi connectivity index (χ2n) is 4.73. The number of carbonyl (C=O) groups excluding carboxylic acids is 1. The van der Waals surface area contributed by atoms with Gasteiger partial charge in [0.05, 0.1) is 0 Å². The van der Waals surface area contributed by atoms with Gasteiger partial charge >= 0.3 is 0 Å².